The number of alkyl carbamates (subject to hydrolysis) is 1. The summed E-state index contributed by atoms with van der Waals surface area (Å²) in [6, 6.07) is 18.6. The number of hydrogen-bond donors (Lipinski definition) is 2. The second kappa shape index (κ2) is 14.0. The molecule has 6 rings (SSSR count). The van der Waals surface area contributed by atoms with E-state index in [1.165, 1.54) is 16.9 Å². The van der Waals surface area contributed by atoms with E-state index in [0.717, 1.165) is 44.4 Å². The summed E-state index contributed by atoms with van der Waals surface area (Å²) in [6.07, 6.45) is -0.473. The maximum atomic E-state index is 14.7. The molecule has 0 bridgehead atoms. The van der Waals surface area contributed by atoms with Crippen LogP contribution in [0.4, 0.5) is 4.79 Å². The molecule has 1 aromatic heterocycles. The molecular weight excluding hydrogens is 644 g/mol. The van der Waals surface area contributed by atoms with Gasteiger partial charge in [-0.2, -0.15) is 0 Å². The predicted molar refractivity (Wildman–Crippen MR) is 187 cm³/mol. The van der Waals surface area contributed by atoms with Crippen LogP contribution in [0, 0.1) is 5.92 Å². The Morgan fingerprint density at radius 2 is 1.65 bits per heavy atom. The van der Waals surface area contributed by atoms with E-state index >= 15 is 0 Å². The number of aromatic nitrogens is 1. The molecule has 3 aromatic carbocycles. The quantitative estimate of drug-likeness (QED) is 0.202. The number of nitrogens with zero attached hydrogens (tertiary/aromatic N) is 2. The summed E-state index contributed by atoms with van der Waals surface area (Å²) < 4.78 is 11.0. The van der Waals surface area contributed by atoms with Gasteiger partial charge in [-0.15, -0.1) is 0 Å². The molecule has 256 valence electrons. The van der Waals surface area contributed by atoms with Gasteiger partial charge in [-0.3, -0.25) is 9.59 Å². The second-order valence-electron chi connectivity index (χ2n) is 13.4. The van der Waals surface area contributed by atoms with Crippen molar-refractivity contribution >= 4 is 46.4 Å². The van der Waals surface area contributed by atoms with Gasteiger partial charge in [0.1, 0.15) is 18.7 Å². The number of aromatic amines is 1. The van der Waals surface area contributed by atoms with Crippen molar-refractivity contribution in [2.75, 3.05) is 27.8 Å². The summed E-state index contributed by atoms with van der Waals surface area (Å²) in [7, 11) is 4.45. The molecule has 1 aliphatic carbocycles. The Balaban J connectivity index is 1.31. The number of H-pyrrole nitrogens is 1. The van der Waals surface area contributed by atoms with Gasteiger partial charge in [-0.1, -0.05) is 80.0 Å². The van der Waals surface area contributed by atoms with Crippen LogP contribution in [0.2, 0.25) is 5.02 Å². The third-order valence-corrected chi connectivity index (χ3v) is 9.77. The van der Waals surface area contributed by atoms with Crippen molar-refractivity contribution in [1.29, 1.82) is 0 Å². The Kier molecular flexibility index (Phi) is 9.70. The summed E-state index contributed by atoms with van der Waals surface area (Å²) in [5.41, 5.74) is 6.76. The Labute approximate surface area is 290 Å². The van der Waals surface area contributed by atoms with E-state index in [1.807, 2.05) is 74.5 Å². The minimum absolute atomic E-state index is 0.0356. The number of carbonyl (C=O) groups is 4. The van der Waals surface area contributed by atoms with Gasteiger partial charge >= 0.3 is 12.1 Å². The predicted octanol–water partition coefficient (Wildman–Crippen LogP) is 6.22. The van der Waals surface area contributed by atoms with Crippen LogP contribution in [-0.4, -0.2) is 78.6 Å². The van der Waals surface area contributed by atoms with E-state index in [2.05, 4.69) is 10.3 Å². The zero-order chi connectivity index (χ0) is 35.0. The highest BCUT2D eigenvalue weighted by Gasteiger charge is 2.46. The normalized spacial score (nSPS) is 17.2. The topological polar surface area (TPSA) is 121 Å². The average Bonchev–Trinajstić information content (AvgIpc) is 3.60. The van der Waals surface area contributed by atoms with E-state index in [1.54, 1.807) is 20.2 Å². The van der Waals surface area contributed by atoms with Gasteiger partial charge in [0.2, 0.25) is 11.8 Å². The van der Waals surface area contributed by atoms with Gasteiger partial charge in [0, 0.05) is 48.1 Å². The van der Waals surface area contributed by atoms with Gasteiger partial charge in [0.15, 0.2) is 0 Å². The minimum atomic E-state index is -1.31. The smallest absolute Gasteiger partial charge is 0.407 e. The lowest BCUT2D eigenvalue weighted by molar-refractivity contribution is -0.157. The van der Waals surface area contributed by atoms with E-state index in [4.69, 9.17) is 21.1 Å². The molecule has 2 N–H and O–H groups in total. The average molecular weight is 685 g/mol. The molecule has 0 saturated carbocycles. The SMILES string of the molecule is COC(=O)[C@@H]1Cc2c([nH]c3cc(Cl)ccc23)[C@H](CC(C)C)N1C(=O)[C@H](CC(=O)N(C)C)NC(=O)OCC1c2ccccc2-c2ccccc21. The molecule has 49 heavy (non-hydrogen) atoms. The molecule has 3 atom stereocenters. The van der Waals surface area contributed by atoms with Crippen molar-refractivity contribution in [3.63, 3.8) is 0 Å². The van der Waals surface area contributed by atoms with Crippen molar-refractivity contribution in [3.05, 3.63) is 94.1 Å². The van der Waals surface area contributed by atoms with Crippen molar-refractivity contribution in [3.8, 4) is 11.1 Å². The molecule has 0 radical (unpaired) electrons. The fraction of sp³-hybridized carbons (Fsp3) is 0.368. The first-order chi connectivity index (χ1) is 23.5. The fourth-order valence-electron chi connectivity index (χ4n) is 7.24. The third kappa shape index (κ3) is 6.62. The van der Waals surface area contributed by atoms with Crippen LogP contribution >= 0.6 is 11.6 Å². The summed E-state index contributed by atoms with van der Waals surface area (Å²) in [6.45, 7) is 4.10. The number of esters is 1. The van der Waals surface area contributed by atoms with Crippen LogP contribution in [0.3, 0.4) is 0 Å². The van der Waals surface area contributed by atoms with Crippen molar-refractivity contribution in [2.24, 2.45) is 5.92 Å². The van der Waals surface area contributed by atoms with Gasteiger partial charge in [0.25, 0.3) is 0 Å². The standard InChI is InChI=1S/C38H41ClN4O6/c1-21(2)16-32-35-28(27-15-14-22(39)17-30(27)40-35)18-33(37(46)48-5)43(32)36(45)31(19-34(44)42(3)4)41-38(47)49-20-29-25-12-8-6-10-23(25)24-11-7-9-13-26(24)29/h6-15,17,21,29,31-33,40H,16,18-20H2,1-5H3,(H,41,47)/t31-,32-,33-/m0/s1. The number of ether oxygens (including phenoxy) is 2. The Bertz CT molecular complexity index is 1870. The lowest BCUT2D eigenvalue weighted by Crippen LogP contribution is -2.58. The molecule has 2 heterocycles. The fourth-order valence-corrected chi connectivity index (χ4v) is 7.41. The molecule has 10 nitrogen and oxygen atoms in total. The molecule has 4 aromatic rings. The summed E-state index contributed by atoms with van der Waals surface area (Å²) >= 11 is 6.32. The minimum Gasteiger partial charge on any atom is -0.467 e. The summed E-state index contributed by atoms with van der Waals surface area (Å²) in [4.78, 5) is 61.1. The molecule has 0 spiro atoms. The molecule has 2 aliphatic rings. The van der Waals surface area contributed by atoms with Crippen LogP contribution in [0.5, 0.6) is 0 Å². The third-order valence-electron chi connectivity index (χ3n) is 9.54. The number of carbonyl (C=O) groups excluding carboxylic acids is 4. The molecular formula is C38H41ClN4O6. The van der Waals surface area contributed by atoms with Crippen molar-refractivity contribution in [2.45, 2.75) is 57.2 Å². The second-order valence-corrected chi connectivity index (χ2v) is 13.8. The van der Waals surface area contributed by atoms with Gasteiger partial charge in [-0.05, 0) is 52.3 Å². The number of amides is 3. The van der Waals surface area contributed by atoms with Crippen LogP contribution in [0.1, 0.15) is 61.0 Å². The first-order valence-corrected chi connectivity index (χ1v) is 16.9. The first kappa shape index (κ1) is 34.0. The maximum Gasteiger partial charge on any atom is 0.407 e. The maximum absolute atomic E-state index is 14.7. The number of nitrogens with one attached hydrogen (secondary N) is 2. The number of benzene rings is 3. The number of fused-ring (bicyclic) bond motifs is 6. The molecule has 3 amide bonds. The van der Waals surface area contributed by atoms with E-state index < -0.39 is 36.1 Å². The van der Waals surface area contributed by atoms with Crippen LogP contribution < -0.4 is 5.32 Å². The van der Waals surface area contributed by atoms with E-state index in [0.29, 0.717) is 11.4 Å². The van der Waals surface area contributed by atoms with Gasteiger partial charge in [-0.25, -0.2) is 9.59 Å². The number of methoxy groups -OCH3 is 1. The first-order valence-electron chi connectivity index (χ1n) is 16.5. The monoisotopic (exact) mass is 684 g/mol. The van der Waals surface area contributed by atoms with Crippen LogP contribution in [0.15, 0.2) is 66.7 Å². The number of halogens is 1. The number of rotatable bonds is 9. The lowest BCUT2D eigenvalue weighted by Gasteiger charge is -2.43. The highest BCUT2D eigenvalue weighted by molar-refractivity contribution is 6.31. The largest absolute Gasteiger partial charge is 0.467 e. The lowest BCUT2D eigenvalue weighted by atomic mass is 9.86. The Morgan fingerprint density at radius 3 is 2.27 bits per heavy atom. The molecule has 1 aliphatic heterocycles. The zero-order valence-corrected chi connectivity index (χ0v) is 29.0. The van der Waals surface area contributed by atoms with Crippen molar-refractivity contribution in [1.82, 2.24) is 20.1 Å². The van der Waals surface area contributed by atoms with Crippen molar-refractivity contribution < 1.29 is 28.7 Å². The summed E-state index contributed by atoms with van der Waals surface area (Å²) in [5, 5.41) is 4.16. The highest BCUT2D eigenvalue weighted by atomic mass is 35.5. The highest BCUT2D eigenvalue weighted by Crippen LogP contribution is 2.45. The van der Waals surface area contributed by atoms with Gasteiger partial charge in [0.05, 0.1) is 19.6 Å². The summed E-state index contributed by atoms with van der Waals surface area (Å²) in [5.74, 6) is -1.60. The molecule has 0 saturated heterocycles. The van der Waals surface area contributed by atoms with Crippen LogP contribution in [0.25, 0.3) is 22.0 Å². The Morgan fingerprint density at radius 1 is 1.00 bits per heavy atom. The van der Waals surface area contributed by atoms with Gasteiger partial charge < -0.3 is 29.6 Å². The number of hydrogen-bond acceptors (Lipinski definition) is 6. The van der Waals surface area contributed by atoms with E-state index in [9.17, 15) is 19.2 Å². The Hall–Kier alpha value is -4.83. The molecule has 0 unspecified atom stereocenters. The molecule has 0 fully saturated rings. The van der Waals surface area contributed by atoms with Crippen LogP contribution in [-0.2, 0) is 30.3 Å². The zero-order valence-electron chi connectivity index (χ0n) is 28.3. The van der Waals surface area contributed by atoms with E-state index in [-0.39, 0.29) is 37.2 Å². The molecule has 11 heteroatoms.